The van der Waals surface area contributed by atoms with Crippen LogP contribution < -0.4 is 5.32 Å². The molecule has 1 unspecified atom stereocenters. The van der Waals surface area contributed by atoms with Crippen LogP contribution in [0.25, 0.3) is 0 Å². The molecule has 0 spiro atoms. The Balaban J connectivity index is 2.30. The molecule has 1 saturated carbocycles. The number of hydrogen-bond acceptors (Lipinski definition) is 5. The van der Waals surface area contributed by atoms with E-state index in [0.717, 1.165) is 38.4 Å². The summed E-state index contributed by atoms with van der Waals surface area (Å²) in [5.74, 6) is 0.438. The van der Waals surface area contributed by atoms with Crippen LogP contribution in [-0.2, 0) is 19.0 Å². The molecule has 1 atom stereocenters. The largest absolute Gasteiger partial charge is 0.444 e. The Hall–Kier alpha value is -0.820. The number of amides is 1. The van der Waals surface area contributed by atoms with Crippen molar-refractivity contribution < 1.29 is 22.1 Å². The first-order valence-corrected chi connectivity index (χ1v) is 9.64. The van der Waals surface area contributed by atoms with Gasteiger partial charge >= 0.3 is 6.09 Å². The molecular formula is C15H29NO5S. The first kappa shape index (κ1) is 19.2. The van der Waals surface area contributed by atoms with Crippen LogP contribution in [-0.4, -0.2) is 38.5 Å². The molecule has 0 bridgehead atoms. The van der Waals surface area contributed by atoms with Gasteiger partial charge in [-0.3, -0.25) is 4.18 Å². The first-order valence-electron chi connectivity index (χ1n) is 7.82. The maximum Gasteiger partial charge on any atom is 0.407 e. The third kappa shape index (κ3) is 8.58. The monoisotopic (exact) mass is 335 g/mol. The third-order valence-corrected chi connectivity index (χ3v) is 4.25. The molecule has 0 radical (unpaired) electrons. The van der Waals surface area contributed by atoms with Crippen LogP contribution in [0.1, 0.15) is 59.8 Å². The van der Waals surface area contributed by atoms with Crippen molar-refractivity contribution in [1.82, 2.24) is 5.32 Å². The summed E-state index contributed by atoms with van der Waals surface area (Å²) in [6, 6.07) is 0.136. The average molecular weight is 335 g/mol. The summed E-state index contributed by atoms with van der Waals surface area (Å²) in [4.78, 5) is 11.7. The van der Waals surface area contributed by atoms with E-state index in [-0.39, 0.29) is 18.2 Å². The van der Waals surface area contributed by atoms with Crippen LogP contribution in [0.3, 0.4) is 0 Å². The second-order valence-corrected chi connectivity index (χ2v) is 8.81. The quantitative estimate of drug-likeness (QED) is 0.781. The summed E-state index contributed by atoms with van der Waals surface area (Å²) in [6.07, 6.45) is 4.82. The summed E-state index contributed by atoms with van der Waals surface area (Å²) < 4.78 is 32.4. The molecule has 7 heteroatoms. The highest BCUT2D eigenvalue weighted by molar-refractivity contribution is 7.86. The molecule has 1 rings (SSSR count). The van der Waals surface area contributed by atoms with Gasteiger partial charge in [-0.15, -0.1) is 0 Å². The van der Waals surface area contributed by atoms with Crippen molar-refractivity contribution in [1.29, 1.82) is 0 Å². The Kier molecular flexibility index (Phi) is 6.67. The van der Waals surface area contributed by atoms with Gasteiger partial charge in [0, 0.05) is 6.04 Å². The highest BCUT2D eigenvalue weighted by atomic mass is 32.2. The molecular weight excluding hydrogens is 306 g/mol. The topological polar surface area (TPSA) is 81.7 Å². The lowest BCUT2D eigenvalue weighted by atomic mass is 9.83. The van der Waals surface area contributed by atoms with Crippen molar-refractivity contribution in [2.45, 2.75) is 77.5 Å². The highest BCUT2D eigenvalue weighted by Gasteiger charge is 2.26. The van der Waals surface area contributed by atoms with Gasteiger partial charge in [0.2, 0.25) is 0 Å². The average Bonchev–Trinajstić information content (AvgIpc) is 2.26. The molecule has 1 N–H and O–H groups in total. The van der Waals surface area contributed by atoms with Gasteiger partial charge < -0.3 is 10.1 Å². The van der Waals surface area contributed by atoms with E-state index in [9.17, 15) is 13.2 Å². The predicted molar refractivity (Wildman–Crippen MR) is 85.1 cm³/mol. The van der Waals surface area contributed by atoms with Crippen LogP contribution in [0.5, 0.6) is 0 Å². The Labute approximate surface area is 134 Å². The lowest BCUT2D eigenvalue weighted by molar-refractivity contribution is 0.0482. The second-order valence-electron chi connectivity index (χ2n) is 7.21. The minimum Gasteiger partial charge on any atom is -0.444 e. The van der Waals surface area contributed by atoms with Gasteiger partial charge in [-0.2, -0.15) is 8.42 Å². The normalized spacial score (nSPS) is 24.6. The van der Waals surface area contributed by atoms with Gasteiger partial charge in [0.15, 0.2) is 0 Å². The van der Waals surface area contributed by atoms with E-state index >= 15 is 0 Å². The van der Waals surface area contributed by atoms with Crippen LogP contribution in [0.2, 0.25) is 0 Å². The first-order chi connectivity index (χ1) is 9.94. The Morgan fingerprint density at radius 2 is 1.77 bits per heavy atom. The van der Waals surface area contributed by atoms with Gasteiger partial charge in [-0.1, -0.05) is 0 Å². The fraction of sp³-hybridized carbons (Fsp3) is 0.933. The van der Waals surface area contributed by atoms with Gasteiger partial charge in [0.05, 0.1) is 12.4 Å². The Morgan fingerprint density at radius 1 is 1.23 bits per heavy atom. The number of carbonyl (C=O) groups is 1. The Morgan fingerprint density at radius 3 is 2.23 bits per heavy atom. The molecule has 22 heavy (non-hydrogen) atoms. The molecule has 0 aromatic carbocycles. The molecule has 1 aliphatic rings. The molecule has 1 fully saturated rings. The predicted octanol–water partition coefficient (Wildman–Crippen LogP) is 2.82. The molecule has 130 valence electrons. The summed E-state index contributed by atoms with van der Waals surface area (Å²) in [7, 11) is -3.39. The van der Waals surface area contributed by atoms with E-state index in [1.54, 1.807) is 6.92 Å². The summed E-state index contributed by atoms with van der Waals surface area (Å²) in [5.41, 5.74) is -0.486. The van der Waals surface area contributed by atoms with Crippen molar-refractivity contribution >= 4 is 16.2 Å². The van der Waals surface area contributed by atoms with E-state index in [2.05, 4.69) is 5.32 Å². The molecule has 0 aliphatic heterocycles. The zero-order chi connectivity index (χ0) is 17.0. The standard InChI is InChI=1S/C15H29NO5S/c1-11(21-22(5,18)19)10-12-6-8-13(9-7-12)16-14(17)20-15(2,3)4/h11-13H,6-10H2,1-5H3,(H,16,17)/t11?,12-,13-. The van der Waals surface area contributed by atoms with Crippen molar-refractivity contribution in [3.63, 3.8) is 0 Å². The number of nitrogens with one attached hydrogen (secondary N) is 1. The van der Waals surface area contributed by atoms with Gasteiger partial charge in [0.25, 0.3) is 10.1 Å². The molecule has 6 nitrogen and oxygen atoms in total. The van der Waals surface area contributed by atoms with E-state index < -0.39 is 15.7 Å². The minimum atomic E-state index is -3.39. The Bertz CT molecular complexity index is 461. The molecule has 1 amide bonds. The smallest absolute Gasteiger partial charge is 0.407 e. The molecule has 0 aromatic heterocycles. The third-order valence-electron chi connectivity index (χ3n) is 3.57. The van der Waals surface area contributed by atoms with Crippen LogP contribution in [0.15, 0.2) is 0 Å². The lowest BCUT2D eigenvalue weighted by Crippen LogP contribution is -2.41. The van der Waals surface area contributed by atoms with Gasteiger partial charge in [0.1, 0.15) is 5.60 Å². The fourth-order valence-electron chi connectivity index (χ4n) is 2.82. The number of hydrogen-bond donors (Lipinski definition) is 1. The lowest BCUT2D eigenvalue weighted by Gasteiger charge is -2.31. The highest BCUT2D eigenvalue weighted by Crippen LogP contribution is 2.29. The fourth-order valence-corrected chi connectivity index (χ4v) is 3.50. The molecule has 0 heterocycles. The van der Waals surface area contributed by atoms with Crippen molar-refractivity contribution in [3.05, 3.63) is 0 Å². The maximum atomic E-state index is 11.7. The SMILES string of the molecule is CC(C[C@H]1CC[C@H](NC(=O)OC(C)(C)C)CC1)OS(C)(=O)=O. The van der Waals surface area contributed by atoms with Gasteiger partial charge in [-0.05, 0) is 65.7 Å². The zero-order valence-corrected chi connectivity index (χ0v) is 15.0. The maximum absolute atomic E-state index is 11.7. The number of alkyl carbamates (subject to hydrolysis) is 1. The van der Waals surface area contributed by atoms with E-state index in [0.29, 0.717) is 5.92 Å². The second kappa shape index (κ2) is 7.64. The minimum absolute atomic E-state index is 0.136. The van der Waals surface area contributed by atoms with Gasteiger partial charge in [-0.25, -0.2) is 4.79 Å². The van der Waals surface area contributed by atoms with Crippen LogP contribution in [0, 0.1) is 5.92 Å². The summed E-state index contributed by atoms with van der Waals surface area (Å²) >= 11 is 0. The van der Waals surface area contributed by atoms with Crippen molar-refractivity contribution in [2.24, 2.45) is 5.92 Å². The van der Waals surface area contributed by atoms with E-state index in [1.807, 2.05) is 20.8 Å². The number of rotatable bonds is 5. The number of ether oxygens (including phenoxy) is 1. The van der Waals surface area contributed by atoms with Crippen molar-refractivity contribution in [3.8, 4) is 0 Å². The van der Waals surface area contributed by atoms with Crippen LogP contribution in [0.4, 0.5) is 4.79 Å². The summed E-state index contributed by atoms with van der Waals surface area (Å²) in [6.45, 7) is 7.30. The van der Waals surface area contributed by atoms with Crippen molar-refractivity contribution in [2.75, 3.05) is 6.26 Å². The molecule has 0 aromatic rings. The summed E-state index contributed by atoms with van der Waals surface area (Å²) in [5, 5.41) is 2.90. The zero-order valence-electron chi connectivity index (χ0n) is 14.2. The molecule has 0 saturated heterocycles. The van der Waals surface area contributed by atoms with E-state index in [1.165, 1.54) is 0 Å². The van der Waals surface area contributed by atoms with Crippen LogP contribution >= 0.6 is 0 Å². The molecule has 1 aliphatic carbocycles. The van der Waals surface area contributed by atoms with E-state index in [4.69, 9.17) is 8.92 Å². The number of carbonyl (C=O) groups excluding carboxylic acids is 1.